The number of hydrogen-bond donors (Lipinski definition) is 1. The third-order valence-electron chi connectivity index (χ3n) is 4.03. The zero-order chi connectivity index (χ0) is 18.0. The van der Waals surface area contributed by atoms with Gasteiger partial charge in [0.15, 0.2) is 11.5 Å². The van der Waals surface area contributed by atoms with E-state index in [0.717, 1.165) is 17.0 Å². The zero-order valence-electron chi connectivity index (χ0n) is 13.9. The lowest BCUT2D eigenvalue weighted by atomic mass is 9.98. The Balaban J connectivity index is 2.12. The Kier molecular flexibility index (Phi) is 4.67. The van der Waals surface area contributed by atoms with E-state index < -0.39 is 15.7 Å². The number of ether oxygens (including phenoxy) is 2. The SMILES string of the molecule is COc1cc2c(cc1OC)C(=CS(=O)(=O)c1ccccc1F)NCC2. The van der Waals surface area contributed by atoms with Crippen LogP contribution in [0.1, 0.15) is 11.1 Å². The Hall–Kier alpha value is -2.54. The first-order valence-corrected chi connectivity index (χ1v) is 9.21. The van der Waals surface area contributed by atoms with E-state index in [-0.39, 0.29) is 4.90 Å². The van der Waals surface area contributed by atoms with Crippen LogP contribution in [-0.4, -0.2) is 29.2 Å². The lowest BCUT2D eigenvalue weighted by Gasteiger charge is -2.23. The molecule has 132 valence electrons. The third kappa shape index (κ3) is 3.32. The molecule has 0 fully saturated rings. The first kappa shape index (κ1) is 17.3. The molecule has 0 atom stereocenters. The third-order valence-corrected chi connectivity index (χ3v) is 5.52. The Labute approximate surface area is 146 Å². The second-order valence-corrected chi connectivity index (χ2v) is 7.31. The number of benzene rings is 2. The second kappa shape index (κ2) is 6.76. The highest BCUT2D eigenvalue weighted by Crippen LogP contribution is 2.35. The standard InChI is InChI=1S/C18H18FNO4S/c1-23-16-9-12-7-8-20-15(13(12)10-17(16)24-2)11-25(21,22)18-6-4-3-5-14(18)19/h3-6,9-11,20H,7-8H2,1-2H3. The molecule has 0 saturated carbocycles. The minimum absolute atomic E-state index is 0.350. The Morgan fingerprint density at radius 1 is 1.12 bits per heavy atom. The van der Waals surface area contributed by atoms with E-state index >= 15 is 0 Å². The van der Waals surface area contributed by atoms with Crippen molar-refractivity contribution in [2.45, 2.75) is 11.3 Å². The molecule has 0 radical (unpaired) electrons. The van der Waals surface area contributed by atoms with Crippen LogP contribution < -0.4 is 14.8 Å². The molecule has 0 aliphatic carbocycles. The maximum absolute atomic E-state index is 13.9. The van der Waals surface area contributed by atoms with Crippen molar-refractivity contribution in [2.24, 2.45) is 0 Å². The first-order chi connectivity index (χ1) is 12.0. The molecule has 0 saturated heterocycles. The average molecular weight is 363 g/mol. The predicted molar refractivity (Wildman–Crippen MR) is 92.8 cm³/mol. The fraction of sp³-hybridized carbons (Fsp3) is 0.222. The normalized spacial score (nSPS) is 15.4. The summed E-state index contributed by atoms with van der Waals surface area (Å²) < 4.78 is 49.7. The van der Waals surface area contributed by atoms with Gasteiger partial charge in [-0.15, -0.1) is 0 Å². The first-order valence-electron chi connectivity index (χ1n) is 7.66. The molecule has 0 amide bonds. The molecule has 0 aromatic heterocycles. The van der Waals surface area contributed by atoms with Crippen LogP contribution >= 0.6 is 0 Å². The van der Waals surface area contributed by atoms with E-state index in [1.54, 1.807) is 13.2 Å². The smallest absolute Gasteiger partial charge is 0.204 e. The van der Waals surface area contributed by atoms with Gasteiger partial charge in [-0.25, -0.2) is 12.8 Å². The summed E-state index contributed by atoms with van der Waals surface area (Å²) in [5, 5.41) is 4.14. The van der Waals surface area contributed by atoms with Crippen molar-refractivity contribution in [3.8, 4) is 11.5 Å². The fourth-order valence-electron chi connectivity index (χ4n) is 2.80. The summed E-state index contributed by atoms with van der Waals surface area (Å²) in [6, 6.07) is 8.88. The highest BCUT2D eigenvalue weighted by Gasteiger charge is 2.22. The lowest BCUT2D eigenvalue weighted by Crippen LogP contribution is -2.23. The van der Waals surface area contributed by atoms with Gasteiger partial charge >= 0.3 is 0 Å². The number of methoxy groups -OCH3 is 2. The summed E-state index contributed by atoms with van der Waals surface area (Å²) in [4.78, 5) is -0.350. The molecule has 1 N–H and O–H groups in total. The number of nitrogens with one attached hydrogen (secondary N) is 1. The molecule has 25 heavy (non-hydrogen) atoms. The van der Waals surface area contributed by atoms with E-state index in [1.165, 1.54) is 25.3 Å². The van der Waals surface area contributed by atoms with Crippen LogP contribution in [0, 0.1) is 5.82 Å². The molecular weight excluding hydrogens is 345 g/mol. The largest absolute Gasteiger partial charge is 0.493 e. The molecule has 1 aliphatic heterocycles. The van der Waals surface area contributed by atoms with Crippen LogP contribution in [0.25, 0.3) is 5.70 Å². The maximum Gasteiger partial charge on any atom is 0.204 e. The van der Waals surface area contributed by atoms with Gasteiger partial charge in [-0.2, -0.15) is 0 Å². The summed E-state index contributed by atoms with van der Waals surface area (Å²) in [7, 11) is -0.880. The second-order valence-electron chi connectivity index (χ2n) is 5.55. The van der Waals surface area contributed by atoms with Crippen LogP contribution in [0.3, 0.4) is 0 Å². The molecule has 2 aromatic rings. The number of fused-ring (bicyclic) bond motifs is 1. The summed E-state index contributed by atoms with van der Waals surface area (Å²) in [6.07, 6.45) is 0.715. The monoisotopic (exact) mass is 363 g/mol. The minimum atomic E-state index is -3.94. The van der Waals surface area contributed by atoms with Gasteiger partial charge in [0.25, 0.3) is 0 Å². The number of sulfone groups is 1. The van der Waals surface area contributed by atoms with Gasteiger partial charge in [-0.05, 0) is 36.2 Å². The van der Waals surface area contributed by atoms with Crippen molar-refractivity contribution in [1.82, 2.24) is 5.32 Å². The van der Waals surface area contributed by atoms with Crippen LogP contribution in [0.5, 0.6) is 11.5 Å². The van der Waals surface area contributed by atoms with Crippen LogP contribution in [-0.2, 0) is 16.3 Å². The molecule has 5 nitrogen and oxygen atoms in total. The van der Waals surface area contributed by atoms with Crippen molar-refractivity contribution in [3.05, 3.63) is 58.8 Å². The highest BCUT2D eigenvalue weighted by molar-refractivity contribution is 7.94. The Morgan fingerprint density at radius 3 is 2.48 bits per heavy atom. The molecule has 1 aliphatic rings. The zero-order valence-corrected chi connectivity index (χ0v) is 14.7. The average Bonchev–Trinajstić information content (AvgIpc) is 2.60. The van der Waals surface area contributed by atoms with Gasteiger partial charge in [0.1, 0.15) is 10.7 Å². The quantitative estimate of drug-likeness (QED) is 0.905. The van der Waals surface area contributed by atoms with E-state index in [4.69, 9.17) is 9.47 Å². The van der Waals surface area contributed by atoms with Crippen LogP contribution in [0.4, 0.5) is 4.39 Å². The maximum atomic E-state index is 13.9. The van der Waals surface area contributed by atoms with Crippen molar-refractivity contribution in [1.29, 1.82) is 0 Å². The number of halogens is 1. The van der Waals surface area contributed by atoms with Crippen molar-refractivity contribution >= 4 is 15.5 Å². The van der Waals surface area contributed by atoms with Crippen LogP contribution in [0.2, 0.25) is 0 Å². The molecule has 0 spiro atoms. The van der Waals surface area contributed by atoms with Gasteiger partial charge in [0.05, 0.1) is 25.3 Å². The minimum Gasteiger partial charge on any atom is -0.493 e. The predicted octanol–water partition coefficient (Wildman–Crippen LogP) is 2.76. The Morgan fingerprint density at radius 2 is 1.80 bits per heavy atom. The summed E-state index contributed by atoms with van der Waals surface area (Å²) in [5.41, 5.74) is 2.04. The van der Waals surface area contributed by atoms with Gasteiger partial charge in [-0.3, -0.25) is 0 Å². The summed E-state index contributed by atoms with van der Waals surface area (Å²) in [5.74, 6) is 0.307. The van der Waals surface area contributed by atoms with E-state index in [0.29, 0.717) is 35.7 Å². The summed E-state index contributed by atoms with van der Waals surface area (Å²) >= 11 is 0. The Bertz CT molecular complexity index is 938. The number of rotatable bonds is 4. The van der Waals surface area contributed by atoms with Gasteiger partial charge < -0.3 is 14.8 Å². The molecule has 1 heterocycles. The van der Waals surface area contributed by atoms with Crippen molar-refractivity contribution in [3.63, 3.8) is 0 Å². The van der Waals surface area contributed by atoms with Crippen molar-refractivity contribution in [2.75, 3.05) is 20.8 Å². The highest BCUT2D eigenvalue weighted by atomic mass is 32.2. The molecule has 3 rings (SSSR count). The van der Waals surface area contributed by atoms with Crippen LogP contribution in [0.15, 0.2) is 46.7 Å². The van der Waals surface area contributed by atoms with Gasteiger partial charge in [0, 0.05) is 12.1 Å². The van der Waals surface area contributed by atoms with Gasteiger partial charge in [0.2, 0.25) is 9.84 Å². The summed E-state index contributed by atoms with van der Waals surface area (Å²) in [6.45, 7) is 0.571. The molecule has 2 aromatic carbocycles. The van der Waals surface area contributed by atoms with Gasteiger partial charge in [-0.1, -0.05) is 12.1 Å². The molecule has 0 bridgehead atoms. The molecule has 7 heteroatoms. The van der Waals surface area contributed by atoms with E-state index in [2.05, 4.69) is 5.32 Å². The molecular formula is C18H18FNO4S. The van der Waals surface area contributed by atoms with E-state index in [9.17, 15) is 12.8 Å². The number of hydrogen-bond acceptors (Lipinski definition) is 5. The van der Waals surface area contributed by atoms with Crippen molar-refractivity contribution < 1.29 is 22.3 Å². The van der Waals surface area contributed by atoms with E-state index in [1.807, 2.05) is 6.07 Å². The lowest BCUT2D eigenvalue weighted by molar-refractivity contribution is 0.354. The topological polar surface area (TPSA) is 64.6 Å². The molecule has 0 unspecified atom stereocenters. The fourth-order valence-corrected chi connectivity index (χ4v) is 4.06.